The second-order valence-electron chi connectivity index (χ2n) is 3.08. The van der Waals surface area contributed by atoms with Gasteiger partial charge in [0, 0.05) is 6.42 Å². The van der Waals surface area contributed by atoms with Crippen LogP contribution in [0.4, 0.5) is 5.69 Å². The summed E-state index contributed by atoms with van der Waals surface area (Å²) in [5.74, 6) is 0.398. The number of Topliss-reactive ketones (excluding diaryl/α,β-unsaturated/α-hetero) is 1. The minimum atomic E-state index is -0.0185. The van der Waals surface area contributed by atoms with Gasteiger partial charge in [-0.2, -0.15) is 5.26 Å². The maximum atomic E-state index is 11.5. The summed E-state index contributed by atoms with van der Waals surface area (Å²) in [6.07, 6.45) is 0.349. The Kier molecular flexibility index (Phi) is 1.86. The number of nitrogens with zero attached hydrogens (tertiary/aromatic N) is 1. The highest BCUT2D eigenvalue weighted by Gasteiger charge is 2.21. The third-order valence-electron chi connectivity index (χ3n) is 2.12. The van der Waals surface area contributed by atoms with Crippen LogP contribution in [0.25, 0.3) is 0 Å². The van der Waals surface area contributed by atoms with E-state index in [2.05, 4.69) is 0 Å². The molecular weight excluding hydrogens is 180 g/mol. The molecule has 1 aliphatic rings. The average molecular weight is 188 g/mol. The summed E-state index contributed by atoms with van der Waals surface area (Å²) in [7, 11) is 0. The number of ether oxygens (including phenoxy) is 1. The number of carbonyl (C=O) groups excluding carboxylic acids is 1. The van der Waals surface area contributed by atoms with E-state index in [0.29, 0.717) is 35.6 Å². The van der Waals surface area contributed by atoms with Gasteiger partial charge < -0.3 is 10.5 Å². The van der Waals surface area contributed by atoms with Crippen LogP contribution in [0.2, 0.25) is 0 Å². The van der Waals surface area contributed by atoms with Crippen molar-refractivity contribution in [3.8, 4) is 11.8 Å². The highest BCUT2D eigenvalue weighted by molar-refractivity contribution is 6.01. The van der Waals surface area contributed by atoms with Crippen LogP contribution in [0.1, 0.15) is 22.3 Å². The molecular formula is C10H8N2O2. The molecule has 0 radical (unpaired) electrons. The van der Waals surface area contributed by atoms with Crippen molar-refractivity contribution in [2.75, 3.05) is 12.3 Å². The molecule has 2 N–H and O–H groups in total. The molecule has 0 amide bonds. The summed E-state index contributed by atoms with van der Waals surface area (Å²) in [5.41, 5.74) is 6.82. The molecule has 1 aliphatic heterocycles. The predicted molar refractivity (Wildman–Crippen MR) is 50.0 cm³/mol. The number of fused-ring (bicyclic) bond motifs is 1. The lowest BCUT2D eigenvalue weighted by Crippen LogP contribution is -2.16. The fourth-order valence-electron chi connectivity index (χ4n) is 1.46. The fraction of sp³-hybridized carbons (Fsp3) is 0.200. The van der Waals surface area contributed by atoms with Crippen LogP contribution in [-0.4, -0.2) is 12.4 Å². The SMILES string of the molecule is N#Cc1cc(N)c2c(c1)C(=O)CCO2. The van der Waals surface area contributed by atoms with Crippen LogP contribution >= 0.6 is 0 Å². The quantitative estimate of drug-likeness (QED) is 0.618. The van der Waals surface area contributed by atoms with Crippen LogP contribution in [0.5, 0.6) is 5.75 Å². The molecule has 4 heteroatoms. The summed E-state index contributed by atoms with van der Waals surface area (Å²) >= 11 is 0. The van der Waals surface area contributed by atoms with Gasteiger partial charge in [0.2, 0.25) is 0 Å². The first-order valence-electron chi connectivity index (χ1n) is 4.22. The van der Waals surface area contributed by atoms with Crippen molar-refractivity contribution in [2.45, 2.75) is 6.42 Å². The molecule has 1 heterocycles. The maximum absolute atomic E-state index is 11.5. The van der Waals surface area contributed by atoms with Crippen LogP contribution in [-0.2, 0) is 0 Å². The number of benzene rings is 1. The predicted octanol–water partition coefficient (Wildman–Crippen LogP) is 1.11. The first kappa shape index (κ1) is 8.57. The Balaban J connectivity index is 2.64. The van der Waals surface area contributed by atoms with Crippen LogP contribution in [0.15, 0.2) is 12.1 Å². The van der Waals surface area contributed by atoms with E-state index in [4.69, 9.17) is 15.7 Å². The number of carbonyl (C=O) groups is 1. The Morgan fingerprint density at radius 2 is 2.29 bits per heavy atom. The molecule has 0 aliphatic carbocycles. The average Bonchev–Trinajstić information content (AvgIpc) is 2.19. The normalized spacial score (nSPS) is 14.1. The van der Waals surface area contributed by atoms with Gasteiger partial charge in [-0.25, -0.2) is 0 Å². The standard InChI is InChI=1S/C10H8N2O2/c11-5-6-3-7-9(13)1-2-14-10(7)8(12)4-6/h3-4H,1-2,12H2. The van der Waals surface area contributed by atoms with E-state index in [0.717, 1.165) is 0 Å². The zero-order chi connectivity index (χ0) is 10.1. The first-order chi connectivity index (χ1) is 6.72. The summed E-state index contributed by atoms with van der Waals surface area (Å²) in [6.45, 7) is 0.363. The van der Waals surface area contributed by atoms with E-state index in [1.54, 1.807) is 0 Å². The number of hydrogen-bond acceptors (Lipinski definition) is 4. The minimum absolute atomic E-state index is 0.0185. The number of rotatable bonds is 0. The van der Waals surface area contributed by atoms with E-state index in [9.17, 15) is 4.79 Å². The van der Waals surface area contributed by atoms with Crippen molar-refractivity contribution < 1.29 is 9.53 Å². The third-order valence-corrected chi connectivity index (χ3v) is 2.12. The van der Waals surface area contributed by atoms with E-state index in [1.165, 1.54) is 12.1 Å². The van der Waals surface area contributed by atoms with Crippen molar-refractivity contribution in [1.82, 2.24) is 0 Å². The number of nitrogens with two attached hydrogens (primary N) is 1. The summed E-state index contributed by atoms with van der Waals surface area (Å²) in [6, 6.07) is 4.98. The molecule has 0 bridgehead atoms. The lowest BCUT2D eigenvalue weighted by atomic mass is 10.0. The zero-order valence-electron chi connectivity index (χ0n) is 7.41. The molecule has 0 saturated heterocycles. The smallest absolute Gasteiger partial charge is 0.170 e. The molecule has 0 atom stereocenters. The van der Waals surface area contributed by atoms with Crippen molar-refractivity contribution in [3.63, 3.8) is 0 Å². The third kappa shape index (κ3) is 1.19. The molecule has 0 fully saturated rings. The Labute approximate surface area is 80.9 Å². The second kappa shape index (κ2) is 3.04. The fourth-order valence-corrected chi connectivity index (χ4v) is 1.46. The van der Waals surface area contributed by atoms with Gasteiger partial charge in [-0.3, -0.25) is 4.79 Å². The molecule has 0 spiro atoms. The maximum Gasteiger partial charge on any atom is 0.170 e. The minimum Gasteiger partial charge on any atom is -0.490 e. The number of nitrogen functional groups attached to an aromatic ring is 1. The Morgan fingerprint density at radius 1 is 1.50 bits per heavy atom. The first-order valence-corrected chi connectivity index (χ1v) is 4.22. The summed E-state index contributed by atoms with van der Waals surface area (Å²) in [4.78, 5) is 11.5. The molecule has 0 saturated carbocycles. The molecule has 14 heavy (non-hydrogen) atoms. The van der Waals surface area contributed by atoms with Crippen molar-refractivity contribution in [3.05, 3.63) is 23.3 Å². The molecule has 2 rings (SSSR count). The number of anilines is 1. The Bertz CT molecular complexity index is 446. The van der Waals surface area contributed by atoms with Crippen LogP contribution in [0, 0.1) is 11.3 Å². The topological polar surface area (TPSA) is 76.1 Å². The van der Waals surface area contributed by atoms with Gasteiger partial charge in [-0.05, 0) is 12.1 Å². The lowest BCUT2D eigenvalue weighted by molar-refractivity contribution is 0.0934. The molecule has 1 aromatic rings. The lowest BCUT2D eigenvalue weighted by Gasteiger charge is -2.17. The zero-order valence-corrected chi connectivity index (χ0v) is 7.41. The Hall–Kier alpha value is -2.02. The monoisotopic (exact) mass is 188 g/mol. The van der Waals surface area contributed by atoms with E-state index in [-0.39, 0.29) is 5.78 Å². The molecule has 0 unspecified atom stereocenters. The number of ketones is 1. The van der Waals surface area contributed by atoms with Crippen molar-refractivity contribution in [2.24, 2.45) is 0 Å². The second-order valence-corrected chi connectivity index (χ2v) is 3.08. The molecule has 4 nitrogen and oxygen atoms in total. The van der Waals surface area contributed by atoms with Gasteiger partial charge in [0.1, 0.15) is 0 Å². The number of hydrogen-bond donors (Lipinski definition) is 1. The molecule has 70 valence electrons. The summed E-state index contributed by atoms with van der Waals surface area (Å²) in [5, 5.41) is 8.69. The van der Waals surface area contributed by atoms with Crippen LogP contribution in [0.3, 0.4) is 0 Å². The van der Waals surface area contributed by atoms with E-state index < -0.39 is 0 Å². The Morgan fingerprint density at radius 3 is 3.00 bits per heavy atom. The van der Waals surface area contributed by atoms with Gasteiger partial charge in [0.15, 0.2) is 11.5 Å². The van der Waals surface area contributed by atoms with Crippen molar-refractivity contribution in [1.29, 1.82) is 5.26 Å². The van der Waals surface area contributed by atoms with Gasteiger partial charge in [-0.1, -0.05) is 0 Å². The van der Waals surface area contributed by atoms with Gasteiger partial charge in [-0.15, -0.1) is 0 Å². The largest absolute Gasteiger partial charge is 0.490 e. The number of nitriles is 1. The van der Waals surface area contributed by atoms with Gasteiger partial charge >= 0.3 is 0 Å². The van der Waals surface area contributed by atoms with Crippen molar-refractivity contribution >= 4 is 11.5 Å². The van der Waals surface area contributed by atoms with E-state index >= 15 is 0 Å². The highest BCUT2D eigenvalue weighted by Crippen LogP contribution is 2.31. The van der Waals surface area contributed by atoms with E-state index in [1.807, 2.05) is 6.07 Å². The molecule has 0 aromatic heterocycles. The van der Waals surface area contributed by atoms with Gasteiger partial charge in [0.05, 0.1) is 29.5 Å². The summed E-state index contributed by atoms with van der Waals surface area (Å²) < 4.78 is 5.27. The highest BCUT2D eigenvalue weighted by atomic mass is 16.5. The molecule has 1 aromatic carbocycles. The van der Waals surface area contributed by atoms with Crippen LogP contribution < -0.4 is 10.5 Å². The van der Waals surface area contributed by atoms with Gasteiger partial charge in [0.25, 0.3) is 0 Å².